The molecule has 0 saturated carbocycles. The second-order valence-electron chi connectivity index (χ2n) is 3.34. The van der Waals surface area contributed by atoms with Crippen LogP contribution in [0.1, 0.15) is 5.76 Å². The van der Waals surface area contributed by atoms with Crippen molar-refractivity contribution in [2.45, 2.75) is 6.54 Å². The lowest BCUT2D eigenvalue weighted by atomic mass is 10.3. The highest BCUT2D eigenvalue weighted by atomic mass is 16.3. The highest BCUT2D eigenvalue weighted by Gasteiger charge is 2.03. The van der Waals surface area contributed by atoms with E-state index in [0.717, 1.165) is 23.4 Å². The SMILES string of the molecule is CN(C)Cc1cc2ncccc2o1. The molecule has 0 saturated heterocycles. The second-order valence-corrected chi connectivity index (χ2v) is 3.34. The van der Waals surface area contributed by atoms with E-state index < -0.39 is 0 Å². The van der Waals surface area contributed by atoms with Crippen molar-refractivity contribution in [2.75, 3.05) is 14.1 Å². The maximum Gasteiger partial charge on any atom is 0.152 e. The summed E-state index contributed by atoms with van der Waals surface area (Å²) >= 11 is 0. The van der Waals surface area contributed by atoms with E-state index in [2.05, 4.69) is 9.88 Å². The maximum absolute atomic E-state index is 5.57. The zero-order chi connectivity index (χ0) is 9.26. The summed E-state index contributed by atoms with van der Waals surface area (Å²) in [4.78, 5) is 6.26. The number of fused-ring (bicyclic) bond motifs is 1. The summed E-state index contributed by atoms with van der Waals surface area (Å²) in [6, 6.07) is 5.79. The van der Waals surface area contributed by atoms with Crippen molar-refractivity contribution >= 4 is 11.1 Å². The molecule has 13 heavy (non-hydrogen) atoms. The van der Waals surface area contributed by atoms with Gasteiger partial charge in [0.2, 0.25) is 0 Å². The lowest BCUT2D eigenvalue weighted by molar-refractivity contribution is 0.358. The summed E-state index contributed by atoms with van der Waals surface area (Å²) < 4.78 is 5.57. The first-order chi connectivity index (χ1) is 6.25. The Morgan fingerprint density at radius 2 is 2.31 bits per heavy atom. The first-order valence-corrected chi connectivity index (χ1v) is 4.24. The number of furan rings is 1. The topological polar surface area (TPSA) is 29.3 Å². The third-order valence-corrected chi connectivity index (χ3v) is 1.81. The molecule has 2 heterocycles. The predicted octanol–water partition coefficient (Wildman–Crippen LogP) is 1.89. The van der Waals surface area contributed by atoms with Crippen LogP contribution in [0.3, 0.4) is 0 Å². The van der Waals surface area contributed by atoms with E-state index in [0.29, 0.717) is 0 Å². The molecule has 0 fully saturated rings. The van der Waals surface area contributed by atoms with Gasteiger partial charge in [-0.2, -0.15) is 0 Å². The summed E-state index contributed by atoms with van der Waals surface area (Å²) in [6.07, 6.45) is 1.78. The quantitative estimate of drug-likeness (QED) is 0.699. The number of nitrogens with zero attached hydrogens (tertiary/aromatic N) is 2. The van der Waals surface area contributed by atoms with E-state index in [1.807, 2.05) is 32.3 Å². The highest BCUT2D eigenvalue weighted by molar-refractivity contribution is 5.72. The van der Waals surface area contributed by atoms with Crippen LogP contribution < -0.4 is 0 Å². The molecular weight excluding hydrogens is 164 g/mol. The van der Waals surface area contributed by atoms with E-state index in [-0.39, 0.29) is 0 Å². The zero-order valence-electron chi connectivity index (χ0n) is 7.82. The van der Waals surface area contributed by atoms with Crippen LogP contribution >= 0.6 is 0 Å². The molecule has 0 aliphatic heterocycles. The van der Waals surface area contributed by atoms with Gasteiger partial charge >= 0.3 is 0 Å². The molecule has 2 aromatic rings. The molecule has 2 rings (SSSR count). The number of rotatable bonds is 2. The fourth-order valence-corrected chi connectivity index (χ4v) is 1.31. The van der Waals surface area contributed by atoms with Crippen molar-refractivity contribution in [3.63, 3.8) is 0 Å². The summed E-state index contributed by atoms with van der Waals surface area (Å²) in [7, 11) is 4.03. The number of hydrogen-bond donors (Lipinski definition) is 0. The minimum absolute atomic E-state index is 0.816. The number of aromatic nitrogens is 1. The molecule has 0 radical (unpaired) electrons. The Bertz CT molecular complexity index is 373. The van der Waals surface area contributed by atoms with Gasteiger partial charge in [-0.25, -0.2) is 0 Å². The standard InChI is InChI=1S/C10H12N2O/c1-12(2)7-8-6-9-10(13-8)4-3-5-11-9/h3-6H,7H2,1-2H3. The average molecular weight is 176 g/mol. The molecule has 0 aliphatic rings. The van der Waals surface area contributed by atoms with Gasteiger partial charge in [-0.3, -0.25) is 4.98 Å². The van der Waals surface area contributed by atoms with Gasteiger partial charge in [0.1, 0.15) is 11.3 Å². The predicted molar refractivity (Wildman–Crippen MR) is 51.4 cm³/mol. The number of hydrogen-bond acceptors (Lipinski definition) is 3. The Labute approximate surface area is 77.0 Å². The minimum Gasteiger partial charge on any atom is -0.458 e. The Morgan fingerprint density at radius 1 is 1.46 bits per heavy atom. The van der Waals surface area contributed by atoms with E-state index in [9.17, 15) is 0 Å². The van der Waals surface area contributed by atoms with Crippen molar-refractivity contribution in [3.8, 4) is 0 Å². The molecule has 0 spiro atoms. The molecule has 2 aromatic heterocycles. The molecule has 3 heteroatoms. The van der Waals surface area contributed by atoms with E-state index in [4.69, 9.17) is 4.42 Å². The molecular formula is C10H12N2O. The van der Waals surface area contributed by atoms with Crippen LogP contribution in [0.4, 0.5) is 0 Å². The highest BCUT2D eigenvalue weighted by Crippen LogP contribution is 2.16. The normalized spacial score (nSPS) is 11.3. The Kier molecular flexibility index (Phi) is 2.02. The smallest absolute Gasteiger partial charge is 0.152 e. The fraction of sp³-hybridized carbons (Fsp3) is 0.300. The van der Waals surface area contributed by atoms with Crippen LogP contribution in [0, 0.1) is 0 Å². The molecule has 0 unspecified atom stereocenters. The summed E-state index contributed by atoms with van der Waals surface area (Å²) in [6.45, 7) is 0.816. The first-order valence-electron chi connectivity index (χ1n) is 4.24. The first kappa shape index (κ1) is 8.26. The van der Waals surface area contributed by atoms with Crippen LogP contribution in [0.15, 0.2) is 28.8 Å². The summed E-state index contributed by atoms with van der Waals surface area (Å²) in [5, 5.41) is 0. The van der Waals surface area contributed by atoms with Crippen LogP contribution in [0.25, 0.3) is 11.1 Å². The lowest BCUT2D eigenvalue weighted by Crippen LogP contribution is -2.09. The molecule has 0 N–H and O–H groups in total. The Balaban J connectivity index is 2.38. The van der Waals surface area contributed by atoms with Gasteiger partial charge < -0.3 is 9.32 Å². The molecule has 0 aromatic carbocycles. The summed E-state index contributed by atoms with van der Waals surface area (Å²) in [5.74, 6) is 0.957. The van der Waals surface area contributed by atoms with Gasteiger partial charge in [0, 0.05) is 12.3 Å². The monoisotopic (exact) mass is 176 g/mol. The fourth-order valence-electron chi connectivity index (χ4n) is 1.31. The largest absolute Gasteiger partial charge is 0.458 e. The van der Waals surface area contributed by atoms with Crippen LogP contribution in [0.2, 0.25) is 0 Å². The minimum atomic E-state index is 0.816. The molecule has 0 amide bonds. The third kappa shape index (κ3) is 1.70. The van der Waals surface area contributed by atoms with Crippen molar-refractivity contribution in [2.24, 2.45) is 0 Å². The molecule has 0 bridgehead atoms. The summed E-state index contributed by atoms with van der Waals surface area (Å²) in [5.41, 5.74) is 1.79. The van der Waals surface area contributed by atoms with Gasteiger partial charge in [-0.15, -0.1) is 0 Å². The van der Waals surface area contributed by atoms with Crippen LogP contribution in [0.5, 0.6) is 0 Å². The third-order valence-electron chi connectivity index (χ3n) is 1.81. The maximum atomic E-state index is 5.57. The lowest BCUT2D eigenvalue weighted by Gasteiger charge is -2.04. The molecule has 0 aliphatic carbocycles. The molecule has 3 nitrogen and oxygen atoms in total. The van der Waals surface area contributed by atoms with Gasteiger partial charge in [-0.05, 0) is 26.2 Å². The van der Waals surface area contributed by atoms with Crippen LogP contribution in [-0.4, -0.2) is 24.0 Å². The van der Waals surface area contributed by atoms with Gasteiger partial charge in [-0.1, -0.05) is 0 Å². The van der Waals surface area contributed by atoms with E-state index >= 15 is 0 Å². The Hall–Kier alpha value is -1.35. The van der Waals surface area contributed by atoms with Gasteiger partial charge in [0.05, 0.1) is 6.54 Å². The Morgan fingerprint density at radius 3 is 3.00 bits per heavy atom. The molecule has 68 valence electrons. The molecule has 0 atom stereocenters. The zero-order valence-corrected chi connectivity index (χ0v) is 7.82. The number of pyridine rings is 1. The van der Waals surface area contributed by atoms with Crippen molar-refractivity contribution < 1.29 is 4.42 Å². The van der Waals surface area contributed by atoms with Gasteiger partial charge in [0.15, 0.2) is 5.58 Å². The van der Waals surface area contributed by atoms with Crippen LogP contribution in [-0.2, 0) is 6.54 Å². The van der Waals surface area contributed by atoms with E-state index in [1.54, 1.807) is 6.20 Å². The van der Waals surface area contributed by atoms with Crippen molar-refractivity contribution in [3.05, 3.63) is 30.2 Å². The van der Waals surface area contributed by atoms with Crippen molar-refractivity contribution in [1.82, 2.24) is 9.88 Å². The van der Waals surface area contributed by atoms with E-state index in [1.165, 1.54) is 0 Å². The average Bonchev–Trinajstić information content (AvgIpc) is 2.44. The van der Waals surface area contributed by atoms with Gasteiger partial charge in [0.25, 0.3) is 0 Å². The second kappa shape index (κ2) is 3.18. The van der Waals surface area contributed by atoms with Crippen molar-refractivity contribution in [1.29, 1.82) is 0 Å².